The van der Waals surface area contributed by atoms with Crippen LogP contribution in [-0.2, 0) is 22.6 Å². The Morgan fingerprint density at radius 1 is 1.06 bits per heavy atom. The molecule has 0 unspecified atom stereocenters. The van der Waals surface area contributed by atoms with Crippen molar-refractivity contribution in [2.75, 3.05) is 20.8 Å². The molecule has 2 aliphatic rings. The summed E-state index contributed by atoms with van der Waals surface area (Å²) in [6.45, 7) is 0.334. The van der Waals surface area contributed by atoms with Crippen LogP contribution in [0.1, 0.15) is 16.8 Å². The third kappa shape index (κ3) is 3.20. The van der Waals surface area contributed by atoms with Crippen molar-refractivity contribution in [3.05, 3.63) is 59.3 Å². The molecule has 1 saturated heterocycles. The van der Waals surface area contributed by atoms with Crippen LogP contribution in [0.3, 0.4) is 0 Å². The van der Waals surface area contributed by atoms with Gasteiger partial charge in [0.2, 0.25) is 5.91 Å². The van der Waals surface area contributed by atoms with Crippen LogP contribution in [0.25, 0.3) is 10.9 Å². The maximum absolute atomic E-state index is 13.2. The Morgan fingerprint density at radius 2 is 1.87 bits per heavy atom. The second kappa shape index (κ2) is 7.46. The number of hydrogen-bond donors (Lipinski definition) is 1. The normalized spacial score (nSPS) is 18.5. The molecule has 2 aliphatic heterocycles. The number of hydrogen-bond acceptors (Lipinski definition) is 5. The van der Waals surface area contributed by atoms with Gasteiger partial charge in [0.25, 0.3) is 5.91 Å². The molecular weight excluding hydrogens is 396 g/mol. The minimum Gasteiger partial charge on any atom is -0.493 e. The Balaban J connectivity index is 1.41. The Morgan fingerprint density at radius 3 is 2.68 bits per heavy atom. The Kier molecular flexibility index (Phi) is 4.62. The number of fused-ring (bicyclic) bond motifs is 4. The average Bonchev–Trinajstić information content (AvgIpc) is 3.17. The lowest BCUT2D eigenvalue weighted by molar-refractivity contribution is -0.157. The number of aromatic nitrogens is 1. The van der Waals surface area contributed by atoms with E-state index >= 15 is 0 Å². The molecular formula is C23H22N4O4. The molecule has 5 rings (SSSR count). The van der Waals surface area contributed by atoms with E-state index in [1.807, 2.05) is 30.3 Å². The summed E-state index contributed by atoms with van der Waals surface area (Å²) in [4.78, 5) is 31.0. The summed E-state index contributed by atoms with van der Waals surface area (Å²) in [5.74, 6) is 0.889. The summed E-state index contributed by atoms with van der Waals surface area (Å²) < 4.78 is 10.5. The predicted octanol–water partition coefficient (Wildman–Crippen LogP) is 2.31. The summed E-state index contributed by atoms with van der Waals surface area (Å²) in [6, 6.07) is 12.8. The molecule has 1 fully saturated rings. The van der Waals surface area contributed by atoms with Crippen molar-refractivity contribution >= 4 is 28.9 Å². The van der Waals surface area contributed by atoms with Crippen molar-refractivity contribution in [3.8, 4) is 11.5 Å². The molecule has 0 spiro atoms. The zero-order valence-electron chi connectivity index (χ0n) is 17.3. The van der Waals surface area contributed by atoms with Gasteiger partial charge in [0.05, 0.1) is 27.0 Å². The predicted molar refractivity (Wildman–Crippen MR) is 115 cm³/mol. The van der Waals surface area contributed by atoms with Crippen molar-refractivity contribution in [1.29, 1.82) is 0 Å². The quantitative estimate of drug-likeness (QED) is 0.659. The molecule has 2 amide bonds. The van der Waals surface area contributed by atoms with Crippen molar-refractivity contribution in [2.45, 2.75) is 19.0 Å². The van der Waals surface area contributed by atoms with E-state index in [0.29, 0.717) is 24.5 Å². The number of carbonyl (C=O) groups is 2. The minimum absolute atomic E-state index is 0.0747. The van der Waals surface area contributed by atoms with Gasteiger partial charge >= 0.3 is 0 Å². The molecule has 31 heavy (non-hydrogen) atoms. The highest BCUT2D eigenvalue weighted by Gasteiger charge is 2.43. The topological polar surface area (TPSA) is 87.2 Å². The van der Waals surface area contributed by atoms with Gasteiger partial charge in [-0.1, -0.05) is 18.2 Å². The van der Waals surface area contributed by atoms with Crippen molar-refractivity contribution in [2.24, 2.45) is 5.10 Å². The lowest BCUT2D eigenvalue weighted by atomic mass is 9.94. The number of methoxy groups -OCH3 is 2. The fourth-order valence-electron chi connectivity index (χ4n) is 4.33. The van der Waals surface area contributed by atoms with Gasteiger partial charge in [-0.3, -0.25) is 9.59 Å². The van der Waals surface area contributed by atoms with Crippen molar-refractivity contribution < 1.29 is 19.1 Å². The number of ether oxygens (including phenoxy) is 2. The van der Waals surface area contributed by atoms with Crippen LogP contribution in [0, 0.1) is 0 Å². The molecule has 0 saturated carbocycles. The molecule has 1 aromatic heterocycles. The van der Waals surface area contributed by atoms with Crippen LogP contribution in [0.4, 0.5) is 0 Å². The molecule has 1 atom stereocenters. The summed E-state index contributed by atoms with van der Waals surface area (Å²) in [5, 5.41) is 6.68. The highest BCUT2D eigenvalue weighted by molar-refractivity contribution is 5.97. The third-order valence-corrected chi connectivity index (χ3v) is 5.90. The number of hydrazone groups is 1. The maximum atomic E-state index is 13.2. The van der Waals surface area contributed by atoms with Crippen LogP contribution in [-0.4, -0.2) is 59.7 Å². The minimum atomic E-state index is -0.546. The number of carbonyl (C=O) groups excluding carboxylic acids is 2. The summed E-state index contributed by atoms with van der Waals surface area (Å²) in [7, 11) is 3.13. The van der Waals surface area contributed by atoms with Gasteiger partial charge in [-0.25, -0.2) is 5.01 Å². The number of para-hydroxylation sites is 1. The molecule has 2 aromatic carbocycles. The molecule has 0 radical (unpaired) electrons. The standard InChI is InChI=1S/C23H22N4O4/c1-30-20-8-7-14(9-21(20)31-2)11-24-27-13-22(28)26-12-18-16(10-19(26)23(27)29)15-5-3-4-6-17(15)25-18/h3-9,11,19,25H,10,12-13H2,1-2H3/b24-11+/t19-/m0/s1. The Hall–Kier alpha value is -3.81. The lowest BCUT2D eigenvalue weighted by Gasteiger charge is -2.40. The van der Waals surface area contributed by atoms with Gasteiger partial charge in [-0.2, -0.15) is 5.10 Å². The van der Waals surface area contributed by atoms with Crippen molar-refractivity contribution in [3.63, 3.8) is 0 Å². The van der Waals surface area contributed by atoms with Gasteiger partial charge in [0, 0.05) is 23.0 Å². The number of amides is 2. The van der Waals surface area contributed by atoms with E-state index in [9.17, 15) is 9.59 Å². The highest BCUT2D eigenvalue weighted by Crippen LogP contribution is 2.32. The Labute approximate surface area is 179 Å². The molecule has 3 aromatic rings. The van der Waals surface area contributed by atoms with Crippen LogP contribution in [0.2, 0.25) is 0 Å². The summed E-state index contributed by atoms with van der Waals surface area (Å²) in [5.41, 5.74) is 3.86. The molecule has 0 bridgehead atoms. The first-order valence-corrected chi connectivity index (χ1v) is 10.0. The first-order chi connectivity index (χ1) is 15.1. The number of H-pyrrole nitrogens is 1. The van der Waals surface area contributed by atoms with Gasteiger partial charge in [0.15, 0.2) is 11.5 Å². The first-order valence-electron chi connectivity index (χ1n) is 10.0. The Bertz CT molecular complexity index is 1220. The molecule has 158 valence electrons. The first kappa shape index (κ1) is 19.2. The molecule has 1 N–H and O–H groups in total. The largest absolute Gasteiger partial charge is 0.493 e. The van der Waals surface area contributed by atoms with Crippen LogP contribution >= 0.6 is 0 Å². The second-order valence-corrected chi connectivity index (χ2v) is 7.62. The molecule has 8 nitrogen and oxygen atoms in total. The highest BCUT2D eigenvalue weighted by atomic mass is 16.5. The number of nitrogens with one attached hydrogen (secondary N) is 1. The van der Waals surface area contributed by atoms with Gasteiger partial charge in [0.1, 0.15) is 12.6 Å². The lowest BCUT2D eigenvalue weighted by Crippen LogP contribution is -2.60. The van der Waals surface area contributed by atoms with E-state index in [1.54, 1.807) is 37.5 Å². The number of aromatic amines is 1. The van der Waals surface area contributed by atoms with E-state index in [1.165, 1.54) is 5.01 Å². The summed E-state index contributed by atoms with van der Waals surface area (Å²) >= 11 is 0. The smallest absolute Gasteiger partial charge is 0.266 e. The zero-order valence-corrected chi connectivity index (χ0v) is 17.3. The second-order valence-electron chi connectivity index (χ2n) is 7.62. The molecule has 8 heteroatoms. The van der Waals surface area contributed by atoms with Crippen LogP contribution < -0.4 is 9.47 Å². The zero-order chi connectivity index (χ0) is 21.5. The number of piperazine rings is 1. The van der Waals surface area contributed by atoms with Gasteiger partial charge in [-0.05, 0) is 35.4 Å². The third-order valence-electron chi connectivity index (χ3n) is 5.90. The average molecular weight is 418 g/mol. The summed E-state index contributed by atoms with van der Waals surface area (Å²) in [6.07, 6.45) is 2.04. The number of benzene rings is 2. The van der Waals surface area contributed by atoms with E-state index in [2.05, 4.69) is 10.1 Å². The molecule has 0 aliphatic carbocycles. The van der Waals surface area contributed by atoms with E-state index in [4.69, 9.17) is 9.47 Å². The SMILES string of the molecule is COc1ccc(/C=N/N2CC(=O)N3Cc4[nH]c5ccccc5c4C[C@H]3C2=O)cc1OC. The van der Waals surface area contributed by atoms with Gasteiger partial charge in [-0.15, -0.1) is 0 Å². The van der Waals surface area contributed by atoms with Gasteiger partial charge < -0.3 is 19.4 Å². The fraction of sp³-hybridized carbons (Fsp3) is 0.261. The van der Waals surface area contributed by atoms with Crippen LogP contribution in [0.5, 0.6) is 11.5 Å². The van der Waals surface area contributed by atoms with E-state index in [-0.39, 0.29) is 18.4 Å². The van der Waals surface area contributed by atoms with Crippen LogP contribution in [0.15, 0.2) is 47.6 Å². The monoisotopic (exact) mass is 418 g/mol. The molecule has 3 heterocycles. The number of rotatable bonds is 4. The fourth-order valence-corrected chi connectivity index (χ4v) is 4.33. The number of nitrogens with zero attached hydrogens (tertiary/aromatic N) is 3. The van der Waals surface area contributed by atoms with Crippen molar-refractivity contribution in [1.82, 2.24) is 14.9 Å². The maximum Gasteiger partial charge on any atom is 0.266 e. The van der Waals surface area contributed by atoms with E-state index in [0.717, 1.165) is 27.7 Å². The van der Waals surface area contributed by atoms with E-state index < -0.39 is 6.04 Å².